The van der Waals surface area contributed by atoms with Crippen LogP contribution in [0.4, 0.5) is 5.69 Å². The number of carbonyl (C=O) groups is 1. The maximum atomic E-state index is 12.1. The Morgan fingerprint density at radius 1 is 0.960 bits per heavy atom. The molecule has 25 heavy (non-hydrogen) atoms. The molecule has 124 valence electrons. The van der Waals surface area contributed by atoms with Gasteiger partial charge in [-0.2, -0.15) is 0 Å². The van der Waals surface area contributed by atoms with Gasteiger partial charge in [0.05, 0.1) is 12.8 Å². The molecule has 0 aliphatic heterocycles. The van der Waals surface area contributed by atoms with E-state index in [9.17, 15) is 4.79 Å². The summed E-state index contributed by atoms with van der Waals surface area (Å²) in [6, 6.07) is 16.0. The summed E-state index contributed by atoms with van der Waals surface area (Å²) in [5.41, 5.74) is 5.23. The van der Waals surface area contributed by atoms with Gasteiger partial charge in [-0.3, -0.25) is 9.79 Å². The van der Waals surface area contributed by atoms with Crippen LogP contribution in [0, 0.1) is 0 Å². The molecule has 3 heteroatoms. The van der Waals surface area contributed by atoms with Crippen molar-refractivity contribution in [2.45, 2.75) is 19.8 Å². The summed E-state index contributed by atoms with van der Waals surface area (Å²) in [6.07, 6.45) is 3.91. The number of ketones is 1. The molecule has 3 aromatic rings. The predicted octanol–water partition coefficient (Wildman–Crippen LogP) is 4.90. The van der Waals surface area contributed by atoms with Gasteiger partial charge in [0.1, 0.15) is 5.75 Å². The van der Waals surface area contributed by atoms with Gasteiger partial charge >= 0.3 is 0 Å². The van der Waals surface area contributed by atoms with Crippen LogP contribution in [-0.4, -0.2) is 19.1 Å². The van der Waals surface area contributed by atoms with Crippen LogP contribution in [0.3, 0.4) is 0 Å². The normalized spacial score (nSPS) is 12.9. The van der Waals surface area contributed by atoms with Gasteiger partial charge in [0, 0.05) is 17.2 Å². The van der Waals surface area contributed by atoms with Crippen LogP contribution in [0.2, 0.25) is 0 Å². The van der Waals surface area contributed by atoms with E-state index in [0.717, 1.165) is 40.8 Å². The van der Waals surface area contributed by atoms with E-state index >= 15 is 0 Å². The summed E-state index contributed by atoms with van der Waals surface area (Å²) >= 11 is 0. The highest BCUT2D eigenvalue weighted by Gasteiger charge is 2.19. The highest BCUT2D eigenvalue weighted by Crippen LogP contribution is 2.38. The smallest absolute Gasteiger partial charge is 0.160 e. The van der Waals surface area contributed by atoms with Crippen LogP contribution in [0.25, 0.3) is 10.8 Å². The summed E-state index contributed by atoms with van der Waals surface area (Å²) in [5.74, 6) is 0.901. The maximum absolute atomic E-state index is 12.1. The Balaban J connectivity index is 1.84. The minimum Gasteiger partial charge on any atom is -0.497 e. The number of benzene rings is 3. The fourth-order valence-electron chi connectivity index (χ4n) is 3.55. The number of nitrogens with zero attached hydrogens (tertiary/aromatic N) is 1. The van der Waals surface area contributed by atoms with E-state index in [-0.39, 0.29) is 5.78 Å². The second-order valence-electron chi connectivity index (χ2n) is 6.35. The third-order valence-corrected chi connectivity index (χ3v) is 4.82. The summed E-state index contributed by atoms with van der Waals surface area (Å²) < 4.78 is 5.18. The highest BCUT2D eigenvalue weighted by molar-refractivity contribution is 6.13. The molecule has 1 aliphatic rings. The quantitative estimate of drug-likeness (QED) is 0.504. The first kappa shape index (κ1) is 15.6. The van der Waals surface area contributed by atoms with E-state index in [1.807, 2.05) is 42.6 Å². The predicted molar refractivity (Wildman–Crippen MR) is 102 cm³/mol. The molecule has 4 rings (SSSR count). The number of Topliss-reactive ketones (excluding diaryl/α,β-unsaturated/α-hetero) is 1. The molecule has 0 radical (unpaired) electrons. The van der Waals surface area contributed by atoms with E-state index in [1.165, 1.54) is 16.5 Å². The van der Waals surface area contributed by atoms with E-state index in [4.69, 9.17) is 9.73 Å². The molecule has 0 spiro atoms. The first-order chi connectivity index (χ1) is 12.2. The average Bonchev–Trinajstić information content (AvgIpc) is 3.06. The second-order valence-corrected chi connectivity index (χ2v) is 6.35. The Bertz CT molecular complexity index is 990. The maximum Gasteiger partial charge on any atom is 0.160 e. The van der Waals surface area contributed by atoms with Crippen LogP contribution >= 0.6 is 0 Å². The Morgan fingerprint density at radius 2 is 1.64 bits per heavy atom. The Kier molecular flexibility index (Phi) is 3.85. The molecule has 0 bridgehead atoms. The lowest BCUT2D eigenvalue weighted by atomic mass is 9.96. The number of methoxy groups -OCH3 is 1. The van der Waals surface area contributed by atoms with Gasteiger partial charge in [-0.1, -0.05) is 18.2 Å². The van der Waals surface area contributed by atoms with Crippen molar-refractivity contribution in [1.29, 1.82) is 0 Å². The molecule has 0 atom stereocenters. The lowest BCUT2D eigenvalue weighted by Crippen LogP contribution is -1.95. The minimum absolute atomic E-state index is 0.0801. The summed E-state index contributed by atoms with van der Waals surface area (Å²) in [7, 11) is 1.65. The van der Waals surface area contributed by atoms with Gasteiger partial charge in [-0.05, 0) is 72.2 Å². The van der Waals surface area contributed by atoms with Crippen molar-refractivity contribution in [2.75, 3.05) is 7.11 Å². The number of aliphatic imine (C=N–C) groups is 1. The SMILES string of the molecule is COc1ccc(C=Nc2ccc3c4c(ccc(C(C)=O)c24)CC3)cc1. The van der Waals surface area contributed by atoms with Crippen molar-refractivity contribution in [2.24, 2.45) is 4.99 Å². The summed E-state index contributed by atoms with van der Waals surface area (Å²) in [6.45, 7) is 1.62. The van der Waals surface area contributed by atoms with E-state index in [1.54, 1.807) is 14.0 Å². The van der Waals surface area contributed by atoms with E-state index in [2.05, 4.69) is 12.1 Å². The molecule has 0 saturated carbocycles. The third kappa shape index (κ3) is 2.72. The first-order valence-electron chi connectivity index (χ1n) is 8.44. The van der Waals surface area contributed by atoms with Crippen molar-refractivity contribution in [3.05, 3.63) is 70.8 Å². The second kappa shape index (κ2) is 6.17. The Hall–Kier alpha value is -2.94. The van der Waals surface area contributed by atoms with Crippen LogP contribution in [0.5, 0.6) is 5.75 Å². The minimum atomic E-state index is 0.0801. The van der Waals surface area contributed by atoms with Crippen LogP contribution in [0.15, 0.2) is 53.5 Å². The molecular weight excluding hydrogens is 310 g/mol. The molecule has 0 heterocycles. The Labute approximate surface area is 147 Å². The van der Waals surface area contributed by atoms with Gasteiger partial charge < -0.3 is 4.74 Å². The van der Waals surface area contributed by atoms with Gasteiger partial charge in [0.15, 0.2) is 5.78 Å². The molecule has 0 unspecified atom stereocenters. The van der Waals surface area contributed by atoms with Gasteiger partial charge in [0.2, 0.25) is 0 Å². The monoisotopic (exact) mass is 329 g/mol. The molecule has 0 saturated heterocycles. The van der Waals surface area contributed by atoms with Crippen LogP contribution < -0.4 is 4.74 Å². The molecule has 0 aromatic heterocycles. The molecule has 0 amide bonds. The van der Waals surface area contributed by atoms with Gasteiger partial charge in [-0.15, -0.1) is 0 Å². The van der Waals surface area contributed by atoms with Crippen molar-refractivity contribution in [3.8, 4) is 5.75 Å². The molecule has 3 nitrogen and oxygen atoms in total. The topological polar surface area (TPSA) is 38.7 Å². The zero-order valence-electron chi connectivity index (χ0n) is 14.4. The number of rotatable bonds is 4. The zero-order valence-corrected chi connectivity index (χ0v) is 14.4. The number of ether oxygens (including phenoxy) is 1. The number of hydrogen-bond donors (Lipinski definition) is 0. The Morgan fingerprint density at radius 3 is 2.28 bits per heavy atom. The third-order valence-electron chi connectivity index (χ3n) is 4.82. The van der Waals surface area contributed by atoms with Crippen molar-refractivity contribution < 1.29 is 9.53 Å². The molecule has 1 aliphatic carbocycles. The van der Waals surface area contributed by atoms with E-state index < -0.39 is 0 Å². The zero-order chi connectivity index (χ0) is 17.4. The molecule has 0 fully saturated rings. The standard InChI is InChI=1S/C22H19NO2/c1-14(24)19-11-7-16-5-6-17-8-12-20(22(19)21(16)17)23-13-15-3-9-18(25-2)10-4-15/h3-4,7-13H,5-6H2,1-2H3. The van der Waals surface area contributed by atoms with Crippen molar-refractivity contribution >= 4 is 28.5 Å². The summed E-state index contributed by atoms with van der Waals surface area (Å²) in [5, 5.41) is 2.21. The lowest BCUT2D eigenvalue weighted by Gasteiger charge is -2.09. The number of hydrogen-bond acceptors (Lipinski definition) is 3. The molecule has 0 N–H and O–H groups in total. The van der Waals surface area contributed by atoms with Gasteiger partial charge in [0.25, 0.3) is 0 Å². The summed E-state index contributed by atoms with van der Waals surface area (Å²) in [4.78, 5) is 16.8. The highest BCUT2D eigenvalue weighted by atomic mass is 16.5. The molecular formula is C22H19NO2. The van der Waals surface area contributed by atoms with E-state index in [0.29, 0.717) is 0 Å². The van der Waals surface area contributed by atoms with Crippen molar-refractivity contribution in [3.63, 3.8) is 0 Å². The first-order valence-corrected chi connectivity index (χ1v) is 8.44. The number of carbonyl (C=O) groups excluding carboxylic acids is 1. The van der Waals surface area contributed by atoms with Gasteiger partial charge in [-0.25, -0.2) is 0 Å². The fraction of sp³-hybridized carbons (Fsp3) is 0.182. The van der Waals surface area contributed by atoms with Crippen LogP contribution in [0.1, 0.15) is 34.0 Å². The average molecular weight is 329 g/mol. The van der Waals surface area contributed by atoms with Crippen LogP contribution in [-0.2, 0) is 12.8 Å². The number of aryl methyl sites for hydroxylation is 2. The fourth-order valence-corrected chi connectivity index (χ4v) is 3.55. The lowest BCUT2D eigenvalue weighted by molar-refractivity contribution is 0.101. The largest absolute Gasteiger partial charge is 0.497 e. The van der Waals surface area contributed by atoms with Crippen molar-refractivity contribution in [1.82, 2.24) is 0 Å². The molecule has 3 aromatic carbocycles.